The second-order valence-corrected chi connectivity index (χ2v) is 5.60. The fourth-order valence-electron chi connectivity index (χ4n) is 1.68. The van der Waals surface area contributed by atoms with Gasteiger partial charge in [0.2, 0.25) is 0 Å². The van der Waals surface area contributed by atoms with Gasteiger partial charge in [0.05, 0.1) is 16.4 Å². The summed E-state index contributed by atoms with van der Waals surface area (Å²) in [6.45, 7) is 6.57. The van der Waals surface area contributed by atoms with Crippen LogP contribution in [0.1, 0.15) is 38.6 Å². The van der Waals surface area contributed by atoms with Gasteiger partial charge in [0.15, 0.2) is 0 Å². The monoisotopic (exact) mass is 306 g/mol. The third-order valence-corrected chi connectivity index (χ3v) is 5.06. The summed E-state index contributed by atoms with van der Waals surface area (Å²) >= 11 is 9.94. The van der Waals surface area contributed by atoms with Gasteiger partial charge in [0.25, 0.3) is 0 Å². The van der Waals surface area contributed by atoms with Gasteiger partial charge in [-0.25, -0.2) is 0 Å². The minimum Gasteiger partial charge on any atom is -0.271 e. The number of hydrogen-bond acceptors (Lipinski definition) is 1. The molecule has 1 heterocycles. The van der Waals surface area contributed by atoms with E-state index in [-0.39, 0.29) is 5.41 Å². The van der Waals surface area contributed by atoms with E-state index in [0.717, 1.165) is 41.0 Å². The molecule has 0 saturated carbocycles. The van der Waals surface area contributed by atoms with Gasteiger partial charge >= 0.3 is 0 Å². The van der Waals surface area contributed by atoms with Crippen LogP contribution in [0.2, 0.25) is 5.02 Å². The van der Waals surface area contributed by atoms with Gasteiger partial charge in [0, 0.05) is 12.4 Å². The maximum Gasteiger partial charge on any atom is 0.0849 e. The van der Waals surface area contributed by atoms with Crippen LogP contribution in [0.15, 0.2) is 0 Å². The molecule has 4 heteroatoms. The molecule has 0 spiro atoms. The molecule has 0 amide bonds. The van der Waals surface area contributed by atoms with E-state index < -0.39 is 0 Å². The molecule has 0 aromatic carbocycles. The largest absolute Gasteiger partial charge is 0.271 e. The van der Waals surface area contributed by atoms with Crippen molar-refractivity contribution in [3.8, 4) is 0 Å². The number of alkyl halides is 1. The van der Waals surface area contributed by atoms with E-state index in [4.69, 9.17) is 11.6 Å². The lowest BCUT2D eigenvalue weighted by Gasteiger charge is -2.25. The summed E-state index contributed by atoms with van der Waals surface area (Å²) in [4.78, 5) is 0. The Morgan fingerprint density at radius 1 is 1.44 bits per heavy atom. The highest BCUT2D eigenvalue weighted by molar-refractivity contribution is 9.09. The average molecular weight is 308 g/mol. The third kappa shape index (κ3) is 2.80. The highest BCUT2D eigenvalue weighted by atomic mass is 79.9. The predicted octanol–water partition coefficient (Wildman–Crippen LogP) is 3.99. The zero-order valence-corrected chi connectivity index (χ0v) is 12.8. The van der Waals surface area contributed by atoms with E-state index in [2.05, 4.69) is 41.8 Å². The summed E-state index contributed by atoms with van der Waals surface area (Å²) in [5, 5.41) is 6.29. The first kappa shape index (κ1) is 14.0. The van der Waals surface area contributed by atoms with E-state index in [9.17, 15) is 0 Å². The molecule has 0 saturated heterocycles. The summed E-state index contributed by atoms with van der Waals surface area (Å²) < 4.78 is 1.93. The molecule has 0 aliphatic rings. The number of aromatic nitrogens is 2. The SMILES string of the molecule is CCc1nn(C)c(CC(C)(CC)CBr)c1Cl. The fourth-order valence-corrected chi connectivity index (χ4v) is 2.64. The van der Waals surface area contributed by atoms with Crippen molar-refractivity contribution in [1.82, 2.24) is 9.78 Å². The summed E-state index contributed by atoms with van der Waals surface area (Å²) in [6, 6.07) is 0. The second-order valence-electron chi connectivity index (χ2n) is 4.66. The van der Waals surface area contributed by atoms with Crippen LogP contribution in [0.25, 0.3) is 0 Å². The van der Waals surface area contributed by atoms with Crippen molar-refractivity contribution in [2.24, 2.45) is 12.5 Å². The lowest BCUT2D eigenvalue weighted by molar-refractivity contribution is 0.351. The maximum absolute atomic E-state index is 6.35. The minimum absolute atomic E-state index is 0.252. The molecule has 0 aliphatic carbocycles. The van der Waals surface area contributed by atoms with Crippen LogP contribution in [0, 0.1) is 5.41 Å². The number of rotatable bonds is 5. The Morgan fingerprint density at radius 2 is 2.06 bits per heavy atom. The second kappa shape index (κ2) is 5.54. The molecule has 1 aromatic rings. The Morgan fingerprint density at radius 3 is 2.44 bits per heavy atom. The van der Waals surface area contributed by atoms with Crippen molar-refractivity contribution in [2.45, 2.75) is 40.0 Å². The molecule has 0 radical (unpaired) electrons. The van der Waals surface area contributed by atoms with Crippen LogP contribution in [0.3, 0.4) is 0 Å². The van der Waals surface area contributed by atoms with Crippen molar-refractivity contribution in [3.63, 3.8) is 0 Å². The molecular formula is C12H20BrClN2. The van der Waals surface area contributed by atoms with Crippen LogP contribution in [0.5, 0.6) is 0 Å². The molecule has 1 unspecified atom stereocenters. The first-order valence-corrected chi connectivity index (χ1v) is 7.23. The van der Waals surface area contributed by atoms with Crippen molar-refractivity contribution < 1.29 is 0 Å². The third-order valence-electron chi connectivity index (χ3n) is 3.27. The van der Waals surface area contributed by atoms with Crippen LogP contribution < -0.4 is 0 Å². The van der Waals surface area contributed by atoms with Crippen LogP contribution >= 0.6 is 27.5 Å². The van der Waals surface area contributed by atoms with Gasteiger partial charge in [-0.3, -0.25) is 4.68 Å². The van der Waals surface area contributed by atoms with Crippen LogP contribution in [0.4, 0.5) is 0 Å². The molecule has 0 aliphatic heterocycles. The molecule has 0 fully saturated rings. The van der Waals surface area contributed by atoms with E-state index in [1.54, 1.807) is 0 Å². The number of nitrogens with zero attached hydrogens (tertiary/aromatic N) is 2. The molecule has 1 atom stereocenters. The first-order valence-electron chi connectivity index (χ1n) is 5.73. The molecule has 92 valence electrons. The predicted molar refractivity (Wildman–Crippen MR) is 73.5 cm³/mol. The summed E-state index contributed by atoms with van der Waals surface area (Å²) in [6.07, 6.45) is 2.99. The van der Waals surface area contributed by atoms with Gasteiger partial charge < -0.3 is 0 Å². The Labute approximate surface area is 111 Å². The van der Waals surface area contributed by atoms with Crippen molar-refractivity contribution in [3.05, 3.63) is 16.4 Å². The van der Waals surface area contributed by atoms with Gasteiger partial charge in [-0.2, -0.15) is 5.10 Å². The van der Waals surface area contributed by atoms with E-state index in [1.165, 1.54) is 0 Å². The number of aryl methyl sites for hydroxylation is 2. The summed E-state index contributed by atoms with van der Waals surface area (Å²) in [5.41, 5.74) is 2.41. The zero-order chi connectivity index (χ0) is 12.3. The van der Waals surface area contributed by atoms with E-state index >= 15 is 0 Å². The molecule has 16 heavy (non-hydrogen) atoms. The fraction of sp³-hybridized carbons (Fsp3) is 0.750. The van der Waals surface area contributed by atoms with Gasteiger partial charge in [-0.05, 0) is 24.7 Å². The number of halogens is 2. The number of hydrogen-bond donors (Lipinski definition) is 0. The smallest absolute Gasteiger partial charge is 0.0849 e. The topological polar surface area (TPSA) is 17.8 Å². The highest BCUT2D eigenvalue weighted by Crippen LogP contribution is 2.32. The Hall–Kier alpha value is -0.0200. The Kier molecular flexibility index (Phi) is 4.87. The molecule has 1 rings (SSSR count). The Balaban J connectivity index is 3.01. The summed E-state index contributed by atoms with van der Waals surface area (Å²) in [5.74, 6) is 0. The van der Waals surface area contributed by atoms with Crippen molar-refractivity contribution in [2.75, 3.05) is 5.33 Å². The quantitative estimate of drug-likeness (QED) is 0.752. The average Bonchev–Trinajstić information content (AvgIpc) is 2.56. The van der Waals surface area contributed by atoms with Gasteiger partial charge in [-0.15, -0.1) is 0 Å². The van der Waals surface area contributed by atoms with Crippen molar-refractivity contribution in [1.29, 1.82) is 0 Å². The molecule has 2 nitrogen and oxygen atoms in total. The lowest BCUT2D eigenvalue weighted by atomic mass is 9.85. The Bertz CT molecular complexity index is 356. The zero-order valence-electron chi connectivity index (χ0n) is 10.5. The summed E-state index contributed by atoms with van der Waals surface area (Å²) in [7, 11) is 1.98. The first-order chi connectivity index (χ1) is 7.47. The minimum atomic E-state index is 0.252. The normalized spacial score (nSPS) is 15.1. The van der Waals surface area contributed by atoms with E-state index in [0.29, 0.717) is 0 Å². The van der Waals surface area contributed by atoms with Crippen LogP contribution in [-0.4, -0.2) is 15.1 Å². The maximum atomic E-state index is 6.35. The molecular weight excluding hydrogens is 288 g/mol. The highest BCUT2D eigenvalue weighted by Gasteiger charge is 2.25. The van der Waals surface area contributed by atoms with Gasteiger partial charge in [0.1, 0.15) is 0 Å². The lowest BCUT2D eigenvalue weighted by Crippen LogP contribution is -2.22. The van der Waals surface area contributed by atoms with Crippen LogP contribution in [-0.2, 0) is 19.9 Å². The standard InChI is InChI=1S/C12H20BrClN2/c1-5-9-11(14)10(16(4)15-9)7-12(3,6-2)8-13/h5-8H2,1-4H3. The molecule has 0 N–H and O–H groups in total. The van der Waals surface area contributed by atoms with E-state index in [1.807, 2.05) is 11.7 Å². The van der Waals surface area contributed by atoms with Gasteiger partial charge in [-0.1, -0.05) is 48.3 Å². The molecule has 0 bridgehead atoms. The van der Waals surface area contributed by atoms with Crippen molar-refractivity contribution >= 4 is 27.5 Å². The molecule has 1 aromatic heterocycles.